The monoisotopic (exact) mass is 240 g/mol. The number of carboxylic acids is 3. The number of rotatable bonds is 3. The molecule has 0 unspecified atom stereocenters. The molecule has 90 valence electrons. The van der Waals surface area contributed by atoms with Crippen molar-refractivity contribution in [1.29, 1.82) is 0 Å². The molecule has 17 heavy (non-hydrogen) atoms. The second-order valence-corrected chi connectivity index (χ2v) is 3.10. The third kappa shape index (κ3) is 1.95. The van der Waals surface area contributed by atoms with Crippen molar-refractivity contribution in [3.8, 4) is 0 Å². The van der Waals surface area contributed by atoms with Crippen molar-refractivity contribution in [3.63, 3.8) is 0 Å². The summed E-state index contributed by atoms with van der Waals surface area (Å²) in [6, 6.07) is 0.902. The molecule has 0 fully saturated rings. The van der Waals surface area contributed by atoms with E-state index in [0.29, 0.717) is 0 Å². The van der Waals surface area contributed by atoms with Crippen LogP contribution in [0.15, 0.2) is 6.07 Å². The molecule has 0 heterocycles. The maximum Gasteiger partial charge on any atom is 0.338 e. The van der Waals surface area contributed by atoms with Gasteiger partial charge < -0.3 is 26.8 Å². The van der Waals surface area contributed by atoms with Gasteiger partial charge in [-0.2, -0.15) is 0 Å². The van der Waals surface area contributed by atoms with Crippen molar-refractivity contribution in [1.82, 2.24) is 0 Å². The fourth-order valence-electron chi connectivity index (χ4n) is 1.40. The Hall–Kier alpha value is -2.77. The summed E-state index contributed by atoms with van der Waals surface area (Å²) in [6.45, 7) is 0. The Morgan fingerprint density at radius 2 is 1.06 bits per heavy atom. The van der Waals surface area contributed by atoms with Crippen molar-refractivity contribution in [2.24, 2.45) is 0 Å². The first-order valence-corrected chi connectivity index (χ1v) is 4.19. The second kappa shape index (κ2) is 4.00. The summed E-state index contributed by atoms with van der Waals surface area (Å²) in [6.07, 6.45) is 0. The highest BCUT2D eigenvalue weighted by Crippen LogP contribution is 2.27. The number of anilines is 2. The van der Waals surface area contributed by atoms with Crippen molar-refractivity contribution in [3.05, 3.63) is 22.8 Å². The lowest BCUT2D eigenvalue weighted by Gasteiger charge is -2.11. The zero-order valence-corrected chi connectivity index (χ0v) is 8.30. The van der Waals surface area contributed by atoms with E-state index in [4.69, 9.17) is 26.8 Å². The van der Waals surface area contributed by atoms with E-state index in [-0.39, 0.29) is 0 Å². The van der Waals surface area contributed by atoms with Gasteiger partial charge in [0, 0.05) is 11.4 Å². The standard InChI is InChI=1S/C9H8N2O6/c10-2-1-3(11)5(8(14)15)6(9(16)17)4(2)7(12)13/h1H,10-11H2,(H,12,13)(H,14,15)(H,16,17). The zero-order chi connectivity index (χ0) is 13.3. The van der Waals surface area contributed by atoms with E-state index in [1.807, 2.05) is 0 Å². The Bertz CT molecular complexity index is 499. The van der Waals surface area contributed by atoms with Gasteiger partial charge in [0.2, 0.25) is 0 Å². The molecule has 0 bridgehead atoms. The minimum Gasteiger partial charge on any atom is -0.478 e. The van der Waals surface area contributed by atoms with Crippen molar-refractivity contribution >= 4 is 29.3 Å². The number of nitrogens with two attached hydrogens (primary N) is 2. The van der Waals surface area contributed by atoms with Crippen LogP contribution in [0.3, 0.4) is 0 Å². The summed E-state index contributed by atoms with van der Waals surface area (Å²) in [4.78, 5) is 32.6. The van der Waals surface area contributed by atoms with Gasteiger partial charge >= 0.3 is 17.9 Å². The van der Waals surface area contributed by atoms with E-state index in [0.717, 1.165) is 6.07 Å². The summed E-state index contributed by atoms with van der Waals surface area (Å²) in [5.74, 6) is -5.00. The third-order valence-electron chi connectivity index (χ3n) is 2.03. The first-order valence-electron chi connectivity index (χ1n) is 4.19. The number of carboxylic acid groups (broad SMARTS) is 3. The van der Waals surface area contributed by atoms with Gasteiger partial charge in [-0.05, 0) is 6.07 Å². The van der Waals surface area contributed by atoms with E-state index in [1.165, 1.54) is 0 Å². The molecule has 0 aliphatic rings. The van der Waals surface area contributed by atoms with E-state index in [2.05, 4.69) is 0 Å². The van der Waals surface area contributed by atoms with Crippen LogP contribution in [-0.2, 0) is 0 Å². The lowest BCUT2D eigenvalue weighted by Crippen LogP contribution is -2.18. The molecule has 0 saturated carbocycles. The van der Waals surface area contributed by atoms with Crippen molar-refractivity contribution in [2.75, 3.05) is 11.5 Å². The quantitative estimate of drug-likeness (QED) is 0.458. The van der Waals surface area contributed by atoms with E-state index >= 15 is 0 Å². The van der Waals surface area contributed by atoms with Crippen LogP contribution in [0, 0.1) is 0 Å². The fourth-order valence-corrected chi connectivity index (χ4v) is 1.40. The highest BCUT2D eigenvalue weighted by Gasteiger charge is 2.28. The SMILES string of the molecule is Nc1cc(N)c(C(=O)O)c(C(=O)O)c1C(=O)O. The average molecular weight is 240 g/mol. The molecule has 0 amide bonds. The lowest BCUT2D eigenvalue weighted by atomic mass is 9.97. The highest BCUT2D eigenvalue weighted by molar-refractivity contribution is 6.14. The Kier molecular flexibility index (Phi) is 2.90. The average Bonchev–Trinajstić information content (AvgIpc) is 2.14. The number of hydrogen-bond acceptors (Lipinski definition) is 5. The Morgan fingerprint density at radius 3 is 1.29 bits per heavy atom. The van der Waals surface area contributed by atoms with Gasteiger partial charge in [-0.25, -0.2) is 14.4 Å². The van der Waals surface area contributed by atoms with Gasteiger partial charge in [0.05, 0.1) is 16.7 Å². The van der Waals surface area contributed by atoms with Crippen LogP contribution in [0.5, 0.6) is 0 Å². The van der Waals surface area contributed by atoms with Gasteiger partial charge in [0.15, 0.2) is 0 Å². The predicted molar refractivity (Wildman–Crippen MR) is 56.1 cm³/mol. The minimum absolute atomic E-state index is 0.405. The number of carbonyl (C=O) groups is 3. The molecule has 8 nitrogen and oxygen atoms in total. The highest BCUT2D eigenvalue weighted by atomic mass is 16.4. The van der Waals surface area contributed by atoms with Gasteiger partial charge in [-0.15, -0.1) is 0 Å². The van der Waals surface area contributed by atoms with Gasteiger partial charge in [-0.1, -0.05) is 0 Å². The molecule has 0 saturated heterocycles. The molecule has 0 aliphatic carbocycles. The summed E-state index contributed by atoms with van der Waals surface area (Å²) in [7, 11) is 0. The molecule has 7 N–H and O–H groups in total. The predicted octanol–water partition coefficient (Wildman–Crippen LogP) is -0.0544. The number of aromatic carboxylic acids is 3. The normalized spacial score (nSPS) is 9.88. The number of benzene rings is 1. The topological polar surface area (TPSA) is 164 Å². The molecular formula is C9H8N2O6. The van der Waals surface area contributed by atoms with E-state index < -0.39 is 46.0 Å². The molecular weight excluding hydrogens is 232 g/mol. The zero-order valence-electron chi connectivity index (χ0n) is 8.30. The first kappa shape index (κ1) is 12.3. The van der Waals surface area contributed by atoms with Crippen LogP contribution in [0.4, 0.5) is 11.4 Å². The van der Waals surface area contributed by atoms with Gasteiger partial charge in [-0.3, -0.25) is 0 Å². The molecule has 0 aromatic heterocycles. The third-order valence-corrected chi connectivity index (χ3v) is 2.03. The van der Waals surface area contributed by atoms with Crippen LogP contribution < -0.4 is 11.5 Å². The minimum atomic E-state index is -1.72. The van der Waals surface area contributed by atoms with Crippen LogP contribution in [0.25, 0.3) is 0 Å². The molecule has 1 aromatic carbocycles. The largest absolute Gasteiger partial charge is 0.478 e. The summed E-state index contributed by atoms with van der Waals surface area (Å²) >= 11 is 0. The maximum atomic E-state index is 10.9. The second-order valence-electron chi connectivity index (χ2n) is 3.10. The van der Waals surface area contributed by atoms with Crippen molar-refractivity contribution in [2.45, 2.75) is 0 Å². The van der Waals surface area contributed by atoms with Gasteiger partial charge in [0.25, 0.3) is 0 Å². The smallest absolute Gasteiger partial charge is 0.338 e. The van der Waals surface area contributed by atoms with E-state index in [9.17, 15) is 14.4 Å². The molecule has 1 rings (SSSR count). The molecule has 0 atom stereocenters. The van der Waals surface area contributed by atoms with Crippen LogP contribution in [-0.4, -0.2) is 33.2 Å². The Labute approximate surface area is 94.1 Å². The fraction of sp³-hybridized carbons (Fsp3) is 0. The number of hydrogen-bond donors (Lipinski definition) is 5. The van der Waals surface area contributed by atoms with E-state index in [1.54, 1.807) is 0 Å². The van der Waals surface area contributed by atoms with Crippen LogP contribution in [0.2, 0.25) is 0 Å². The molecule has 0 aliphatic heterocycles. The summed E-state index contributed by atoms with van der Waals surface area (Å²) < 4.78 is 0. The first-order chi connectivity index (χ1) is 7.77. The lowest BCUT2D eigenvalue weighted by molar-refractivity contribution is 0.0634. The van der Waals surface area contributed by atoms with Crippen molar-refractivity contribution < 1.29 is 29.7 Å². The Balaban J connectivity index is 3.85. The molecule has 0 spiro atoms. The van der Waals surface area contributed by atoms with Crippen LogP contribution >= 0.6 is 0 Å². The molecule has 8 heteroatoms. The summed E-state index contributed by atoms with van der Waals surface area (Å²) in [5.41, 5.74) is 7.31. The summed E-state index contributed by atoms with van der Waals surface area (Å²) in [5, 5.41) is 26.5. The maximum absolute atomic E-state index is 10.9. The van der Waals surface area contributed by atoms with Gasteiger partial charge in [0.1, 0.15) is 0 Å². The number of nitrogen functional groups attached to an aromatic ring is 2. The molecule has 0 radical (unpaired) electrons. The van der Waals surface area contributed by atoms with Crippen LogP contribution in [0.1, 0.15) is 31.1 Å². The Morgan fingerprint density at radius 1 is 0.765 bits per heavy atom. The molecule has 1 aromatic rings.